The summed E-state index contributed by atoms with van der Waals surface area (Å²) in [5.74, 6) is 0. The first kappa shape index (κ1) is 19.5. The van der Waals surface area contributed by atoms with Crippen LogP contribution >= 0.6 is 0 Å². The second-order valence-corrected chi connectivity index (χ2v) is 3.22. The molecule has 0 atom stereocenters. The molecule has 5 heteroatoms. The molecule has 14 heavy (non-hydrogen) atoms. The van der Waals surface area contributed by atoms with Gasteiger partial charge in [0.05, 0.1) is 0 Å². The number of carbonyl (C=O) groups is 1. The summed E-state index contributed by atoms with van der Waals surface area (Å²) in [7, 11) is 0. The molecule has 0 heterocycles. The van der Waals surface area contributed by atoms with Crippen LogP contribution < -0.4 is 11.1 Å². The second kappa shape index (κ2) is 11.0. The van der Waals surface area contributed by atoms with Crippen LogP contribution in [0.3, 0.4) is 0 Å². The molecule has 0 aromatic carbocycles. The smallest absolute Gasteiger partial charge is 0.444 e. The van der Waals surface area contributed by atoms with Crippen molar-refractivity contribution in [3.05, 3.63) is 13.8 Å². The van der Waals surface area contributed by atoms with Gasteiger partial charge in [0.25, 0.3) is 0 Å². The number of nitrogens with two attached hydrogens (primary N) is 1. The fourth-order valence-corrected chi connectivity index (χ4v) is 0.416. The molecule has 0 aliphatic heterocycles. The van der Waals surface area contributed by atoms with Crippen LogP contribution in [0, 0.1) is 13.8 Å². The van der Waals surface area contributed by atoms with Gasteiger partial charge in [-0.15, -0.1) is 13.1 Å². The van der Waals surface area contributed by atoms with E-state index < -0.39 is 11.7 Å². The van der Waals surface area contributed by atoms with Crippen molar-refractivity contribution in [1.82, 2.24) is 5.32 Å². The molecule has 0 spiro atoms. The summed E-state index contributed by atoms with van der Waals surface area (Å²) < 4.78 is 4.89. The molecule has 84 valence electrons. The zero-order chi connectivity index (χ0) is 10.9. The van der Waals surface area contributed by atoms with Gasteiger partial charge < -0.3 is 29.6 Å². The van der Waals surface area contributed by atoms with Gasteiger partial charge in [-0.2, -0.15) is 0 Å². The van der Waals surface area contributed by atoms with Crippen molar-refractivity contribution in [2.45, 2.75) is 26.4 Å². The van der Waals surface area contributed by atoms with Crippen LogP contribution in [0.1, 0.15) is 20.8 Å². The van der Waals surface area contributed by atoms with Crippen LogP contribution in [0.15, 0.2) is 0 Å². The van der Waals surface area contributed by atoms with Crippen LogP contribution in [0.4, 0.5) is 4.79 Å². The Hall–Kier alpha value is -0.0817. The Balaban J connectivity index is -0.000000267. The molecule has 1 amide bonds. The molecule has 0 bridgehead atoms. The number of carbonyl (C=O) groups excluding carboxylic acids is 1. The first-order valence-corrected chi connectivity index (χ1v) is 4.12. The molecule has 0 aliphatic carbocycles. The van der Waals surface area contributed by atoms with Gasteiger partial charge in [0.1, 0.15) is 5.60 Å². The molecule has 0 unspecified atom stereocenters. The van der Waals surface area contributed by atoms with Crippen LogP contribution in [-0.4, -0.2) is 24.8 Å². The molecule has 3 N–H and O–H groups in total. The van der Waals surface area contributed by atoms with E-state index in [1.54, 1.807) is 0 Å². The molecule has 0 saturated carbocycles. The third-order valence-electron chi connectivity index (χ3n) is 0.668. The average Bonchev–Trinajstić information content (AvgIpc) is 1.84. The number of ether oxygens (including phenoxy) is 1. The van der Waals surface area contributed by atoms with Crippen molar-refractivity contribution in [3.8, 4) is 0 Å². The van der Waals surface area contributed by atoms with Gasteiger partial charge in [-0.3, -0.25) is 0 Å². The largest absolute Gasteiger partial charge is 2.00 e. The molecule has 0 saturated heterocycles. The Morgan fingerprint density at radius 2 is 1.79 bits per heavy atom. The average molecular weight is 372 g/mol. The van der Waals surface area contributed by atoms with E-state index in [2.05, 4.69) is 19.2 Å². The van der Waals surface area contributed by atoms with Crippen molar-refractivity contribution >= 4 is 6.09 Å². The Labute approximate surface area is 101 Å². The van der Waals surface area contributed by atoms with Crippen LogP contribution in [-0.2, 0) is 25.8 Å². The van der Waals surface area contributed by atoms with Gasteiger partial charge in [0.2, 0.25) is 0 Å². The van der Waals surface area contributed by atoms with Gasteiger partial charge in [-0.05, 0) is 20.8 Å². The Morgan fingerprint density at radius 3 is 2.00 bits per heavy atom. The predicted octanol–water partition coefficient (Wildman–Crippen LogP) is 1.12. The summed E-state index contributed by atoms with van der Waals surface area (Å²) >= 11 is 0. The molecule has 0 aromatic heterocycles. The van der Waals surface area contributed by atoms with E-state index in [1.165, 1.54) is 0 Å². The third-order valence-corrected chi connectivity index (χ3v) is 0.668. The first-order valence-electron chi connectivity index (χ1n) is 4.12. The van der Waals surface area contributed by atoms with Gasteiger partial charge in [0.15, 0.2) is 0 Å². The SMILES string of the molecule is [CH2-]CN.[CH2-]CNC(=O)OC(C)(C)C.[W+2]. The maximum atomic E-state index is 10.7. The van der Waals surface area contributed by atoms with E-state index in [0.717, 1.165) is 0 Å². The van der Waals surface area contributed by atoms with Gasteiger partial charge in [-0.1, -0.05) is 0 Å². The summed E-state index contributed by atoms with van der Waals surface area (Å²) in [6, 6.07) is 0. The zero-order valence-corrected chi connectivity index (χ0v) is 12.1. The first-order chi connectivity index (χ1) is 5.87. The fourth-order valence-electron chi connectivity index (χ4n) is 0.416. The number of rotatable bonds is 1. The summed E-state index contributed by atoms with van der Waals surface area (Å²) in [4.78, 5) is 10.7. The number of amides is 1. The standard InChI is InChI=1S/C7H14NO2.C2H6N.W/c1-5-8-6(9)10-7(2,3)4;1-2-3;/h1,5H2,2-4H3,(H,8,9);1-3H2;/q2*-1;+2. The van der Waals surface area contributed by atoms with E-state index in [-0.39, 0.29) is 21.1 Å². The van der Waals surface area contributed by atoms with Crippen LogP contribution in [0.5, 0.6) is 0 Å². The van der Waals surface area contributed by atoms with Crippen molar-refractivity contribution in [2.75, 3.05) is 13.1 Å². The van der Waals surface area contributed by atoms with Crippen LogP contribution in [0.25, 0.3) is 0 Å². The molecule has 4 nitrogen and oxygen atoms in total. The minimum Gasteiger partial charge on any atom is -0.444 e. The van der Waals surface area contributed by atoms with Gasteiger partial charge in [0, 0.05) is 0 Å². The van der Waals surface area contributed by atoms with Crippen molar-refractivity contribution in [1.29, 1.82) is 0 Å². The van der Waals surface area contributed by atoms with E-state index in [0.29, 0.717) is 13.1 Å². The Bertz CT molecular complexity index is 135. The second-order valence-electron chi connectivity index (χ2n) is 3.22. The minimum absolute atomic E-state index is 0. The number of nitrogens with one attached hydrogen (secondary N) is 1. The molecular formula is C9H20N2O2W. The van der Waals surface area contributed by atoms with E-state index in [1.807, 2.05) is 20.8 Å². The Kier molecular flexibility index (Phi) is 15.3. The zero-order valence-electron chi connectivity index (χ0n) is 9.13. The molecule has 0 fully saturated rings. The third kappa shape index (κ3) is 22.7. The summed E-state index contributed by atoms with van der Waals surface area (Å²) in [5, 5.41) is 2.43. The monoisotopic (exact) mass is 372 g/mol. The Morgan fingerprint density at radius 1 is 1.43 bits per heavy atom. The number of hydrogen-bond donors (Lipinski definition) is 2. The van der Waals surface area contributed by atoms with Crippen molar-refractivity contribution in [3.63, 3.8) is 0 Å². The molecule has 0 radical (unpaired) electrons. The molecule has 0 aliphatic rings. The van der Waals surface area contributed by atoms with Gasteiger partial charge >= 0.3 is 27.2 Å². The van der Waals surface area contributed by atoms with Crippen molar-refractivity contribution in [2.24, 2.45) is 5.73 Å². The maximum Gasteiger partial charge on any atom is 2.00 e. The number of hydrogen-bond acceptors (Lipinski definition) is 3. The summed E-state index contributed by atoms with van der Waals surface area (Å²) in [6.07, 6.45) is -0.414. The maximum absolute atomic E-state index is 10.7. The topological polar surface area (TPSA) is 64.3 Å². The van der Waals surface area contributed by atoms with E-state index in [9.17, 15) is 4.79 Å². The minimum atomic E-state index is -0.417. The summed E-state index contributed by atoms with van der Waals surface area (Å²) in [6.45, 7) is 13.0. The fraction of sp³-hybridized carbons (Fsp3) is 0.667. The van der Waals surface area contributed by atoms with E-state index >= 15 is 0 Å². The molecule has 0 rings (SSSR count). The number of alkyl carbamates (subject to hydrolysis) is 1. The van der Waals surface area contributed by atoms with E-state index in [4.69, 9.17) is 10.5 Å². The quantitative estimate of drug-likeness (QED) is 0.679. The molecular weight excluding hydrogens is 352 g/mol. The normalized spacial score (nSPS) is 9.00. The van der Waals surface area contributed by atoms with Crippen molar-refractivity contribution < 1.29 is 30.6 Å². The van der Waals surface area contributed by atoms with Gasteiger partial charge in [-0.25, -0.2) is 4.79 Å². The summed E-state index contributed by atoms with van der Waals surface area (Å²) in [5.41, 5.74) is 4.32. The molecule has 0 aromatic rings. The van der Waals surface area contributed by atoms with Crippen LogP contribution in [0.2, 0.25) is 0 Å². The predicted molar refractivity (Wildman–Crippen MR) is 54.0 cm³/mol.